The first-order valence-electron chi connectivity index (χ1n) is 7.57. The van der Waals surface area contributed by atoms with Crippen LogP contribution in [-0.2, 0) is 20.7 Å². The third-order valence-corrected chi connectivity index (χ3v) is 5.01. The zero-order valence-electron chi connectivity index (χ0n) is 12.6. The van der Waals surface area contributed by atoms with E-state index in [9.17, 15) is 4.79 Å². The Kier molecular flexibility index (Phi) is 4.45. The fourth-order valence-corrected chi connectivity index (χ4v) is 3.64. The van der Waals surface area contributed by atoms with Crippen molar-refractivity contribution in [2.75, 3.05) is 25.1 Å². The van der Waals surface area contributed by atoms with Crippen LogP contribution in [0.5, 0.6) is 0 Å². The highest BCUT2D eigenvalue weighted by Gasteiger charge is 2.37. The van der Waals surface area contributed by atoms with E-state index in [-0.39, 0.29) is 12.1 Å². The fraction of sp³-hybridized carbons (Fsp3) is 0.733. The molecule has 116 valence electrons. The molecule has 5 nitrogen and oxygen atoms in total. The summed E-state index contributed by atoms with van der Waals surface area (Å²) in [5.74, 6) is 0.562. The van der Waals surface area contributed by atoms with Crippen molar-refractivity contribution in [3.8, 4) is 0 Å². The van der Waals surface area contributed by atoms with Crippen molar-refractivity contribution in [1.29, 1.82) is 0 Å². The van der Waals surface area contributed by atoms with Gasteiger partial charge in [0.15, 0.2) is 5.13 Å². The number of anilines is 1. The number of esters is 1. The normalized spacial score (nSPS) is 25.9. The van der Waals surface area contributed by atoms with Gasteiger partial charge in [-0.3, -0.25) is 4.79 Å². The van der Waals surface area contributed by atoms with Gasteiger partial charge in [-0.05, 0) is 25.7 Å². The number of carbonyl (C=O) groups excluding carboxylic acids is 1. The van der Waals surface area contributed by atoms with Crippen LogP contribution in [0.1, 0.15) is 31.9 Å². The molecule has 0 amide bonds. The molecular weight excluding hydrogens is 288 g/mol. The maximum absolute atomic E-state index is 11.2. The number of hydrogen-bond donors (Lipinski definition) is 0. The number of thiazole rings is 1. The lowest BCUT2D eigenvalue weighted by Crippen LogP contribution is -2.47. The van der Waals surface area contributed by atoms with E-state index < -0.39 is 0 Å². The van der Waals surface area contributed by atoms with Crippen LogP contribution >= 0.6 is 11.3 Å². The van der Waals surface area contributed by atoms with Crippen molar-refractivity contribution >= 4 is 22.4 Å². The number of morpholine rings is 1. The van der Waals surface area contributed by atoms with Gasteiger partial charge in [0, 0.05) is 24.9 Å². The van der Waals surface area contributed by atoms with Crippen LogP contribution in [0.3, 0.4) is 0 Å². The molecule has 1 aliphatic carbocycles. The predicted molar refractivity (Wildman–Crippen MR) is 81.7 cm³/mol. The minimum Gasteiger partial charge on any atom is -0.469 e. The van der Waals surface area contributed by atoms with Crippen LogP contribution in [0.4, 0.5) is 5.13 Å². The molecule has 0 radical (unpaired) electrons. The topological polar surface area (TPSA) is 51.7 Å². The molecule has 6 heteroatoms. The van der Waals surface area contributed by atoms with Gasteiger partial charge in [-0.15, -0.1) is 11.3 Å². The molecule has 21 heavy (non-hydrogen) atoms. The average Bonchev–Trinajstić information content (AvgIpc) is 3.23. The molecule has 2 unspecified atom stereocenters. The Hall–Kier alpha value is -1.14. The lowest BCUT2D eigenvalue weighted by Gasteiger charge is -2.36. The van der Waals surface area contributed by atoms with Gasteiger partial charge in [-0.25, -0.2) is 4.98 Å². The summed E-state index contributed by atoms with van der Waals surface area (Å²) in [6.45, 7) is 3.97. The zero-order chi connectivity index (χ0) is 14.8. The first kappa shape index (κ1) is 14.8. The Bertz CT molecular complexity index is 501. The molecule has 2 atom stereocenters. The number of aryl methyl sites for hydroxylation is 1. The number of ether oxygens (including phenoxy) is 2. The smallest absolute Gasteiger partial charge is 0.305 e. The Balaban J connectivity index is 1.60. The first-order chi connectivity index (χ1) is 10.2. The van der Waals surface area contributed by atoms with Crippen LogP contribution < -0.4 is 4.90 Å². The minimum atomic E-state index is -0.182. The lowest BCUT2D eigenvalue weighted by atomic mass is 10.1. The van der Waals surface area contributed by atoms with Gasteiger partial charge in [0.25, 0.3) is 0 Å². The summed E-state index contributed by atoms with van der Waals surface area (Å²) in [6.07, 6.45) is 4.25. The zero-order valence-corrected chi connectivity index (χ0v) is 13.4. The van der Waals surface area contributed by atoms with Gasteiger partial charge in [-0.2, -0.15) is 0 Å². The first-order valence-corrected chi connectivity index (χ1v) is 8.45. The van der Waals surface area contributed by atoms with Gasteiger partial charge >= 0.3 is 5.97 Å². The van der Waals surface area contributed by atoms with Crippen molar-refractivity contribution < 1.29 is 14.3 Å². The van der Waals surface area contributed by atoms with E-state index in [4.69, 9.17) is 4.74 Å². The summed E-state index contributed by atoms with van der Waals surface area (Å²) in [7, 11) is 1.42. The van der Waals surface area contributed by atoms with Crippen LogP contribution in [0.2, 0.25) is 0 Å². The molecule has 2 fully saturated rings. The minimum absolute atomic E-state index is 0.182. The number of aromatic nitrogens is 1. The summed E-state index contributed by atoms with van der Waals surface area (Å²) >= 11 is 1.66. The van der Waals surface area contributed by atoms with E-state index in [2.05, 4.69) is 21.5 Å². The van der Waals surface area contributed by atoms with Crippen molar-refractivity contribution in [2.45, 2.75) is 44.8 Å². The number of rotatable bonds is 5. The molecular formula is C15H22N2O3S. The lowest BCUT2D eigenvalue weighted by molar-refractivity contribution is -0.140. The van der Waals surface area contributed by atoms with Crippen LogP contribution in [0.15, 0.2) is 5.38 Å². The SMILES string of the molecule is COC(=O)CCc1csc(N2CC(C)OC(C3CC3)C2)n1. The van der Waals surface area contributed by atoms with E-state index in [1.165, 1.54) is 20.0 Å². The molecule has 1 saturated carbocycles. The molecule has 0 aromatic carbocycles. The molecule has 1 aliphatic heterocycles. The summed E-state index contributed by atoms with van der Waals surface area (Å²) in [4.78, 5) is 18.2. The van der Waals surface area contributed by atoms with E-state index in [0.29, 0.717) is 18.9 Å². The van der Waals surface area contributed by atoms with Gasteiger partial charge in [0.05, 0.1) is 31.4 Å². The van der Waals surface area contributed by atoms with Crippen molar-refractivity contribution in [3.05, 3.63) is 11.1 Å². The fourth-order valence-electron chi connectivity index (χ4n) is 2.76. The Morgan fingerprint density at radius 2 is 2.33 bits per heavy atom. The molecule has 1 aromatic heterocycles. The molecule has 2 aliphatic rings. The van der Waals surface area contributed by atoms with Crippen LogP contribution in [-0.4, -0.2) is 43.4 Å². The van der Waals surface area contributed by atoms with Crippen molar-refractivity contribution in [3.63, 3.8) is 0 Å². The quantitative estimate of drug-likeness (QED) is 0.781. The van der Waals surface area contributed by atoms with Gasteiger partial charge in [0.2, 0.25) is 0 Å². The van der Waals surface area contributed by atoms with E-state index in [1.54, 1.807) is 11.3 Å². The van der Waals surface area contributed by atoms with E-state index in [1.807, 2.05) is 5.38 Å². The highest BCUT2D eigenvalue weighted by atomic mass is 32.1. The highest BCUT2D eigenvalue weighted by Crippen LogP contribution is 2.37. The van der Waals surface area contributed by atoms with Gasteiger partial charge in [0.1, 0.15) is 0 Å². The van der Waals surface area contributed by atoms with E-state index in [0.717, 1.165) is 29.8 Å². The molecule has 0 spiro atoms. The van der Waals surface area contributed by atoms with Crippen LogP contribution in [0.25, 0.3) is 0 Å². The average molecular weight is 310 g/mol. The summed E-state index contributed by atoms with van der Waals surface area (Å²) < 4.78 is 10.7. The monoisotopic (exact) mass is 310 g/mol. The summed E-state index contributed by atoms with van der Waals surface area (Å²) in [5.41, 5.74) is 0.975. The largest absolute Gasteiger partial charge is 0.469 e. The van der Waals surface area contributed by atoms with Gasteiger partial charge in [-0.1, -0.05) is 0 Å². The highest BCUT2D eigenvalue weighted by molar-refractivity contribution is 7.13. The second-order valence-corrected chi connectivity index (χ2v) is 6.76. The molecule has 1 saturated heterocycles. The molecule has 2 heterocycles. The number of methoxy groups -OCH3 is 1. The van der Waals surface area contributed by atoms with Crippen molar-refractivity contribution in [2.24, 2.45) is 5.92 Å². The van der Waals surface area contributed by atoms with Gasteiger partial charge < -0.3 is 14.4 Å². The number of nitrogens with zero attached hydrogens (tertiary/aromatic N) is 2. The van der Waals surface area contributed by atoms with Crippen molar-refractivity contribution in [1.82, 2.24) is 4.98 Å². The molecule has 0 N–H and O–H groups in total. The number of hydrogen-bond acceptors (Lipinski definition) is 6. The second kappa shape index (κ2) is 6.32. The second-order valence-electron chi connectivity index (χ2n) is 5.93. The number of carbonyl (C=O) groups is 1. The maximum atomic E-state index is 11.2. The molecule has 3 rings (SSSR count). The molecule has 0 bridgehead atoms. The van der Waals surface area contributed by atoms with Crippen LogP contribution in [0, 0.1) is 5.92 Å². The summed E-state index contributed by atoms with van der Waals surface area (Å²) in [5, 5.41) is 3.10. The Morgan fingerprint density at radius 1 is 1.52 bits per heavy atom. The molecule has 1 aromatic rings. The van der Waals surface area contributed by atoms with E-state index >= 15 is 0 Å². The predicted octanol–water partition coefficient (Wildman–Crippen LogP) is 2.25. The maximum Gasteiger partial charge on any atom is 0.305 e. The third-order valence-electron chi connectivity index (χ3n) is 4.06. The Morgan fingerprint density at radius 3 is 3.05 bits per heavy atom. The summed E-state index contributed by atoms with van der Waals surface area (Å²) in [6, 6.07) is 0. The standard InChI is InChI=1S/C15H22N2O3S/c1-10-7-17(8-13(20-10)11-3-4-11)15-16-12(9-21-15)5-6-14(18)19-2/h9-11,13H,3-8H2,1-2H3. The third kappa shape index (κ3) is 3.74. The Labute approximate surface area is 129 Å².